The second-order valence-electron chi connectivity index (χ2n) is 6.99. The normalized spacial score (nSPS) is 12.9. The zero-order chi connectivity index (χ0) is 20.7. The predicted molar refractivity (Wildman–Crippen MR) is 117 cm³/mol. The Kier molecular flexibility index (Phi) is 4.85. The highest BCUT2D eigenvalue weighted by atomic mass is 35.5. The van der Waals surface area contributed by atoms with Gasteiger partial charge in [0, 0.05) is 12.0 Å². The van der Waals surface area contributed by atoms with Crippen molar-refractivity contribution in [2.45, 2.75) is 6.42 Å². The van der Waals surface area contributed by atoms with Crippen molar-refractivity contribution in [2.75, 3.05) is 13.2 Å². The van der Waals surface area contributed by atoms with E-state index >= 15 is 0 Å². The highest BCUT2D eigenvalue weighted by Crippen LogP contribution is 2.34. The number of hydrogen-bond acceptors (Lipinski definition) is 4. The number of halogens is 2. The first-order valence-corrected chi connectivity index (χ1v) is 10.2. The van der Waals surface area contributed by atoms with Crippen LogP contribution >= 0.6 is 23.2 Å². The molecule has 5 nitrogen and oxygen atoms in total. The predicted octanol–water partition coefficient (Wildman–Crippen LogP) is 5.73. The van der Waals surface area contributed by atoms with E-state index in [9.17, 15) is 4.79 Å². The molecular formula is C23H16Cl2N2O3. The molecule has 1 aliphatic heterocycles. The molecule has 30 heavy (non-hydrogen) atoms. The van der Waals surface area contributed by atoms with Crippen LogP contribution in [0.4, 0.5) is 0 Å². The van der Waals surface area contributed by atoms with Gasteiger partial charge in [-0.15, -0.1) is 0 Å². The van der Waals surface area contributed by atoms with Crippen molar-refractivity contribution in [1.29, 1.82) is 0 Å². The molecule has 1 aromatic heterocycles. The van der Waals surface area contributed by atoms with Gasteiger partial charge >= 0.3 is 0 Å². The molecule has 0 unspecified atom stereocenters. The van der Waals surface area contributed by atoms with Crippen molar-refractivity contribution in [1.82, 2.24) is 9.97 Å². The summed E-state index contributed by atoms with van der Waals surface area (Å²) in [4.78, 5) is 20.7. The summed E-state index contributed by atoms with van der Waals surface area (Å²) in [7, 11) is 0. The molecule has 150 valence electrons. The average Bonchev–Trinajstić information content (AvgIpc) is 3.16. The molecule has 0 saturated heterocycles. The highest BCUT2D eigenvalue weighted by Gasteiger charge is 2.16. The van der Waals surface area contributed by atoms with Crippen molar-refractivity contribution in [2.24, 2.45) is 0 Å². The van der Waals surface area contributed by atoms with Crippen molar-refractivity contribution in [3.63, 3.8) is 0 Å². The van der Waals surface area contributed by atoms with Crippen LogP contribution in [0.15, 0.2) is 54.6 Å². The van der Waals surface area contributed by atoms with Crippen LogP contribution in [-0.2, 0) is 6.42 Å². The van der Waals surface area contributed by atoms with E-state index in [0.717, 1.165) is 16.6 Å². The number of carbonyl (C=O) groups is 1. The zero-order valence-electron chi connectivity index (χ0n) is 15.7. The van der Waals surface area contributed by atoms with Crippen molar-refractivity contribution in [3.8, 4) is 22.9 Å². The van der Waals surface area contributed by atoms with Gasteiger partial charge in [0.25, 0.3) is 0 Å². The van der Waals surface area contributed by atoms with Crippen LogP contribution in [0.5, 0.6) is 11.5 Å². The minimum absolute atomic E-state index is 0.000466. The number of nitrogens with zero attached hydrogens (tertiary/aromatic N) is 1. The number of rotatable bonds is 4. The number of ether oxygens (including phenoxy) is 2. The van der Waals surface area contributed by atoms with Crippen molar-refractivity contribution >= 4 is 40.0 Å². The summed E-state index contributed by atoms with van der Waals surface area (Å²) in [5.41, 5.74) is 3.59. The molecule has 5 rings (SSSR count). The van der Waals surface area contributed by atoms with Crippen molar-refractivity contribution in [3.05, 3.63) is 75.8 Å². The van der Waals surface area contributed by atoms with Gasteiger partial charge in [0.05, 0.1) is 26.6 Å². The van der Waals surface area contributed by atoms with Crippen LogP contribution < -0.4 is 9.47 Å². The van der Waals surface area contributed by atoms with Crippen LogP contribution in [0.25, 0.3) is 22.4 Å². The molecule has 0 fully saturated rings. The smallest absolute Gasteiger partial charge is 0.167 e. The topological polar surface area (TPSA) is 64.2 Å². The Morgan fingerprint density at radius 2 is 1.73 bits per heavy atom. The van der Waals surface area contributed by atoms with E-state index in [-0.39, 0.29) is 12.2 Å². The Hall–Kier alpha value is -3.02. The van der Waals surface area contributed by atoms with E-state index in [1.807, 2.05) is 24.3 Å². The van der Waals surface area contributed by atoms with Gasteiger partial charge in [-0.3, -0.25) is 4.79 Å². The Labute approximate surface area is 182 Å². The molecule has 4 aromatic rings. The third-order valence-electron chi connectivity index (χ3n) is 4.97. The van der Waals surface area contributed by atoms with E-state index < -0.39 is 0 Å². The molecule has 0 spiro atoms. The fourth-order valence-electron chi connectivity index (χ4n) is 3.51. The number of imidazole rings is 1. The molecule has 0 saturated carbocycles. The SMILES string of the molecule is O=C(Cc1ccc2c(c1)OCCO2)c1ccc2nc(-c3c(Cl)cccc3Cl)[nH]c2c1. The minimum atomic E-state index is 0.000466. The lowest BCUT2D eigenvalue weighted by Crippen LogP contribution is -2.15. The third-order valence-corrected chi connectivity index (χ3v) is 5.60. The van der Waals surface area contributed by atoms with Gasteiger partial charge in [-0.05, 0) is 48.0 Å². The van der Waals surface area contributed by atoms with E-state index in [0.29, 0.717) is 51.7 Å². The summed E-state index contributed by atoms with van der Waals surface area (Å²) in [5, 5.41) is 1.02. The molecule has 7 heteroatoms. The van der Waals surface area contributed by atoms with Gasteiger partial charge < -0.3 is 14.5 Å². The number of benzene rings is 3. The van der Waals surface area contributed by atoms with E-state index in [2.05, 4.69) is 9.97 Å². The average molecular weight is 439 g/mol. The standard InChI is InChI=1S/C23H16Cl2N2O3/c24-15-2-1-3-16(25)22(15)23-26-17-6-5-14(12-18(17)27-23)19(28)10-13-4-7-20-21(11-13)30-9-8-29-20/h1-7,11-12H,8-10H2,(H,26,27). The summed E-state index contributed by atoms with van der Waals surface area (Å²) in [6.07, 6.45) is 0.263. The fourth-order valence-corrected chi connectivity index (χ4v) is 4.09. The maximum absolute atomic E-state index is 12.9. The molecule has 0 radical (unpaired) electrons. The lowest BCUT2D eigenvalue weighted by molar-refractivity contribution is 0.0993. The molecule has 1 aliphatic rings. The van der Waals surface area contributed by atoms with E-state index in [1.54, 1.807) is 30.3 Å². The number of Topliss-reactive ketones (excluding diaryl/α,β-unsaturated/α-hetero) is 1. The maximum Gasteiger partial charge on any atom is 0.167 e. The van der Waals surface area contributed by atoms with Crippen LogP contribution in [0.3, 0.4) is 0 Å². The molecule has 0 amide bonds. The summed E-state index contributed by atoms with van der Waals surface area (Å²) in [6.45, 7) is 1.05. The minimum Gasteiger partial charge on any atom is -0.486 e. The number of hydrogen-bond donors (Lipinski definition) is 1. The first kappa shape index (κ1) is 19.0. The number of H-pyrrole nitrogens is 1. The molecular weight excluding hydrogens is 423 g/mol. The zero-order valence-corrected chi connectivity index (χ0v) is 17.3. The van der Waals surface area contributed by atoms with Gasteiger partial charge in [-0.25, -0.2) is 4.98 Å². The second-order valence-corrected chi connectivity index (χ2v) is 7.81. The Morgan fingerprint density at radius 1 is 0.967 bits per heavy atom. The highest BCUT2D eigenvalue weighted by molar-refractivity contribution is 6.39. The van der Waals surface area contributed by atoms with E-state index in [1.165, 1.54) is 0 Å². The number of carbonyl (C=O) groups excluding carboxylic acids is 1. The number of ketones is 1. The first-order valence-electron chi connectivity index (χ1n) is 9.44. The van der Waals surface area contributed by atoms with Gasteiger partial charge in [0.15, 0.2) is 17.3 Å². The molecule has 0 atom stereocenters. The van der Waals surface area contributed by atoms with Crippen LogP contribution in [-0.4, -0.2) is 29.0 Å². The third kappa shape index (κ3) is 3.51. The quantitative estimate of drug-likeness (QED) is 0.413. The molecule has 3 aromatic carbocycles. The Morgan fingerprint density at radius 3 is 2.53 bits per heavy atom. The van der Waals surface area contributed by atoms with Crippen LogP contribution in [0.2, 0.25) is 10.0 Å². The van der Waals surface area contributed by atoms with Gasteiger partial charge in [0.2, 0.25) is 0 Å². The summed E-state index contributed by atoms with van der Waals surface area (Å²) < 4.78 is 11.1. The Bertz CT molecular complexity index is 1260. The summed E-state index contributed by atoms with van der Waals surface area (Å²) in [5.74, 6) is 1.96. The number of aromatic nitrogens is 2. The molecule has 0 bridgehead atoms. The molecule has 1 N–H and O–H groups in total. The molecule has 0 aliphatic carbocycles. The largest absolute Gasteiger partial charge is 0.486 e. The fraction of sp³-hybridized carbons (Fsp3) is 0.130. The molecule has 2 heterocycles. The summed E-state index contributed by atoms with van der Waals surface area (Å²) >= 11 is 12.6. The first-order chi connectivity index (χ1) is 14.6. The Balaban J connectivity index is 1.43. The number of fused-ring (bicyclic) bond motifs is 2. The maximum atomic E-state index is 12.9. The van der Waals surface area contributed by atoms with Crippen LogP contribution in [0, 0.1) is 0 Å². The van der Waals surface area contributed by atoms with Gasteiger partial charge in [-0.1, -0.05) is 35.3 Å². The van der Waals surface area contributed by atoms with Crippen LogP contribution in [0.1, 0.15) is 15.9 Å². The lowest BCUT2D eigenvalue weighted by Gasteiger charge is -2.18. The second kappa shape index (κ2) is 7.67. The van der Waals surface area contributed by atoms with Crippen molar-refractivity contribution < 1.29 is 14.3 Å². The summed E-state index contributed by atoms with van der Waals surface area (Å²) in [6, 6.07) is 16.3. The van der Waals surface area contributed by atoms with E-state index in [4.69, 9.17) is 32.7 Å². The lowest BCUT2D eigenvalue weighted by atomic mass is 10.0. The van der Waals surface area contributed by atoms with Gasteiger partial charge in [0.1, 0.15) is 19.0 Å². The van der Waals surface area contributed by atoms with Gasteiger partial charge in [-0.2, -0.15) is 0 Å². The number of aromatic amines is 1. The monoisotopic (exact) mass is 438 g/mol. The number of nitrogens with one attached hydrogen (secondary N) is 1.